The zero-order valence-corrected chi connectivity index (χ0v) is 18.6. The molecule has 7 heteroatoms. The van der Waals surface area contributed by atoms with Gasteiger partial charge in [0, 0.05) is 16.1 Å². The van der Waals surface area contributed by atoms with E-state index < -0.39 is 0 Å². The van der Waals surface area contributed by atoms with Crippen molar-refractivity contribution in [2.75, 3.05) is 19.6 Å². The van der Waals surface area contributed by atoms with Crippen molar-refractivity contribution in [2.24, 2.45) is 4.99 Å². The van der Waals surface area contributed by atoms with E-state index in [1.54, 1.807) is 10.6 Å². The van der Waals surface area contributed by atoms with E-state index in [1.165, 1.54) is 0 Å². The molecule has 3 aromatic rings. The van der Waals surface area contributed by atoms with Gasteiger partial charge in [0.2, 0.25) is 0 Å². The second kappa shape index (κ2) is 9.54. The van der Waals surface area contributed by atoms with Gasteiger partial charge in [-0.2, -0.15) is 0 Å². The molecule has 0 unspecified atom stereocenters. The predicted octanol–water partition coefficient (Wildman–Crippen LogP) is 3.91. The Bertz CT molecular complexity index is 1150. The molecule has 0 amide bonds. The summed E-state index contributed by atoms with van der Waals surface area (Å²) in [5.74, 6) is 0.534. The van der Waals surface area contributed by atoms with Gasteiger partial charge in [0.25, 0.3) is 5.56 Å². The Labute approximate surface area is 187 Å². The average Bonchev–Trinajstić information content (AvgIpc) is 2.95. The highest BCUT2D eigenvalue weighted by Crippen LogP contribution is 2.26. The average molecular weight is 436 g/mol. The Morgan fingerprint density at radius 3 is 2.58 bits per heavy atom. The number of benzene rings is 2. The van der Waals surface area contributed by atoms with Crippen molar-refractivity contribution in [2.45, 2.75) is 33.2 Å². The fraction of sp³-hybridized carbons (Fsp3) is 0.333. The number of hydrogen-bond donors (Lipinski definition) is 0. The SMILES string of the molecule is CCN(CC)CCCc1nnc2n(c1=O)-c1ccc(Cl)cc1C(c1ccccc1)=NC2. The van der Waals surface area contributed by atoms with E-state index >= 15 is 0 Å². The highest BCUT2D eigenvalue weighted by molar-refractivity contribution is 6.31. The van der Waals surface area contributed by atoms with E-state index in [9.17, 15) is 4.79 Å². The molecule has 0 bridgehead atoms. The van der Waals surface area contributed by atoms with Crippen LogP contribution in [0.5, 0.6) is 0 Å². The molecule has 0 atom stereocenters. The standard InChI is InChI=1S/C24H26ClN5O/c1-3-29(4-2)14-8-11-20-24(31)30-21-13-12-18(25)15-19(21)23(17-9-6-5-7-10-17)26-16-22(30)28-27-20/h5-7,9-10,12-13,15H,3-4,8,11,14,16H2,1-2H3. The molecule has 0 N–H and O–H groups in total. The van der Waals surface area contributed by atoms with Crippen LogP contribution in [0.2, 0.25) is 5.02 Å². The van der Waals surface area contributed by atoms with Crippen LogP contribution in [0, 0.1) is 0 Å². The largest absolute Gasteiger partial charge is 0.304 e. The molecular formula is C24H26ClN5O. The molecule has 31 heavy (non-hydrogen) atoms. The summed E-state index contributed by atoms with van der Waals surface area (Å²) in [5, 5.41) is 9.26. The van der Waals surface area contributed by atoms with Gasteiger partial charge in [-0.25, -0.2) is 0 Å². The highest BCUT2D eigenvalue weighted by Gasteiger charge is 2.22. The Hall–Kier alpha value is -2.83. The maximum Gasteiger partial charge on any atom is 0.280 e. The van der Waals surface area contributed by atoms with Crippen molar-refractivity contribution in [3.05, 3.63) is 86.6 Å². The summed E-state index contributed by atoms with van der Waals surface area (Å²) in [4.78, 5) is 20.6. The van der Waals surface area contributed by atoms with Crippen LogP contribution in [0.4, 0.5) is 0 Å². The van der Waals surface area contributed by atoms with Crippen LogP contribution in [0.1, 0.15) is 42.9 Å². The molecule has 1 aromatic heterocycles. The lowest BCUT2D eigenvalue weighted by Gasteiger charge is -2.17. The fourth-order valence-corrected chi connectivity index (χ4v) is 4.11. The Morgan fingerprint density at radius 2 is 1.84 bits per heavy atom. The lowest BCUT2D eigenvalue weighted by molar-refractivity contribution is 0.299. The minimum absolute atomic E-state index is 0.127. The molecule has 0 aliphatic carbocycles. The van der Waals surface area contributed by atoms with E-state index in [4.69, 9.17) is 16.6 Å². The van der Waals surface area contributed by atoms with Gasteiger partial charge in [-0.1, -0.05) is 55.8 Å². The molecule has 0 spiro atoms. The number of rotatable bonds is 7. The molecule has 2 heterocycles. The van der Waals surface area contributed by atoms with E-state index in [1.807, 2.05) is 42.5 Å². The first-order chi connectivity index (χ1) is 15.1. The number of aliphatic imine (C=N–C) groups is 1. The van der Waals surface area contributed by atoms with Crippen molar-refractivity contribution in [3.8, 4) is 5.69 Å². The van der Waals surface area contributed by atoms with Gasteiger partial charge >= 0.3 is 0 Å². The van der Waals surface area contributed by atoms with Crippen molar-refractivity contribution in [3.63, 3.8) is 0 Å². The minimum Gasteiger partial charge on any atom is -0.304 e. The zero-order chi connectivity index (χ0) is 21.8. The van der Waals surface area contributed by atoms with Gasteiger partial charge in [0.05, 0.1) is 11.4 Å². The third kappa shape index (κ3) is 4.45. The van der Waals surface area contributed by atoms with Crippen LogP contribution < -0.4 is 5.56 Å². The van der Waals surface area contributed by atoms with E-state index in [-0.39, 0.29) is 12.1 Å². The molecule has 0 saturated carbocycles. The number of aromatic nitrogens is 3. The summed E-state index contributed by atoms with van der Waals surface area (Å²) in [6.07, 6.45) is 1.46. The summed E-state index contributed by atoms with van der Waals surface area (Å²) in [7, 11) is 0. The van der Waals surface area contributed by atoms with E-state index in [0.29, 0.717) is 23.0 Å². The topological polar surface area (TPSA) is 63.4 Å². The number of nitrogens with zero attached hydrogens (tertiary/aromatic N) is 5. The monoisotopic (exact) mass is 435 g/mol. The van der Waals surface area contributed by atoms with E-state index in [2.05, 4.69) is 28.9 Å². The maximum absolute atomic E-state index is 13.4. The van der Waals surface area contributed by atoms with E-state index in [0.717, 1.165) is 48.6 Å². The Balaban J connectivity index is 1.75. The number of fused-ring (bicyclic) bond motifs is 3. The first kappa shape index (κ1) is 21.4. The zero-order valence-electron chi connectivity index (χ0n) is 17.9. The molecule has 0 saturated heterocycles. The van der Waals surface area contributed by atoms with Crippen molar-refractivity contribution >= 4 is 17.3 Å². The molecule has 4 rings (SSSR count). The molecule has 1 aliphatic rings. The summed E-state index contributed by atoms with van der Waals surface area (Å²) >= 11 is 6.33. The smallest absolute Gasteiger partial charge is 0.280 e. The van der Waals surface area contributed by atoms with Gasteiger partial charge in [-0.05, 0) is 50.7 Å². The third-order valence-corrected chi connectivity index (χ3v) is 5.89. The molecule has 160 valence electrons. The Morgan fingerprint density at radius 1 is 1.06 bits per heavy atom. The molecular weight excluding hydrogens is 410 g/mol. The Kier molecular flexibility index (Phi) is 6.59. The summed E-state index contributed by atoms with van der Waals surface area (Å²) in [5.41, 5.74) is 3.69. The maximum atomic E-state index is 13.4. The van der Waals surface area contributed by atoms with Crippen LogP contribution in [0.25, 0.3) is 5.69 Å². The quantitative estimate of drug-likeness (QED) is 0.564. The lowest BCUT2D eigenvalue weighted by atomic mass is 10.0. The van der Waals surface area contributed by atoms with Gasteiger partial charge in [0.15, 0.2) is 5.82 Å². The van der Waals surface area contributed by atoms with Crippen LogP contribution in [0.3, 0.4) is 0 Å². The van der Waals surface area contributed by atoms with Crippen LogP contribution in [-0.2, 0) is 13.0 Å². The highest BCUT2D eigenvalue weighted by atomic mass is 35.5. The number of halogens is 1. The lowest BCUT2D eigenvalue weighted by Crippen LogP contribution is -2.30. The third-order valence-electron chi connectivity index (χ3n) is 5.66. The fourth-order valence-electron chi connectivity index (χ4n) is 3.94. The number of aryl methyl sites for hydroxylation is 1. The summed E-state index contributed by atoms with van der Waals surface area (Å²) < 4.78 is 1.66. The summed E-state index contributed by atoms with van der Waals surface area (Å²) in [6.45, 7) is 7.50. The predicted molar refractivity (Wildman–Crippen MR) is 125 cm³/mol. The van der Waals surface area contributed by atoms with Gasteiger partial charge in [0.1, 0.15) is 12.2 Å². The van der Waals surface area contributed by atoms with Crippen LogP contribution in [-0.4, -0.2) is 45.0 Å². The second-order valence-corrected chi connectivity index (χ2v) is 7.96. The van der Waals surface area contributed by atoms with Gasteiger partial charge < -0.3 is 4.90 Å². The molecule has 2 aromatic carbocycles. The molecule has 0 radical (unpaired) electrons. The normalized spacial score (nSPS) is 12.8. The number of hydrogen-bond acceptors (Lipinski definition) is 5. The van der Waals surface area contributed by atoms with Crippen LogP contribution >= 0.6 is 11.6 Å². The minimum atomic E-state index is -0.127. The van der Waals surface area contributed by atoms with Crippen LogP contribution in [0.15, 0.2) is 58.3 Å². The van der Waals surface area contributed by atoms with Crippen molar-refractivity contribution < 1.29 is 0 Å². The van der Waals surface area contributed by atoms with Crippen molar-refractivity contribution in [1.29, 1.82) is 0 Å². The summed E-state index contributed by atoms with van der Waals surface area (Å²) in [6, 6.07) is 15.5. The first-order valence-corrected chi connectivity index (χ1v) is 11.1. The molecule has 1 aliphatic heterocycles. The first-order valence-electron chi connectivity index (χ1n) is 10.7. The van der Waals surface area contributed by atoms with Gasteiger partial charge in [-0.15, -0.1) is 10.2 Å². The second-order valence-electron chi connectivity index (χ2n) is 7.53. The van der Waals surface area contributed by atoms with Gasteiger partial charge in [-0.3, -0.25) is 14.4 Å². The van der Waals surface area contributed by atoms with Crippen molar-refractivity contribution in [1.82, 2.24) is 19.7 Å². The molecule has 0 fully saturated rings. The molecule has 6 nitrogen and oxygen atoms in total.